The van der Waals surface area contributed by atoms with Crippen LogP contribution in [-0.4, -0.2) is 25.4 Å². The highest BCUT2D eigenvalue weighted by molar-refractivity contribution is 5.54. The van der Waals surface area contributed by atoms with Gasteiger partial charge in [-0.25, -0.2) is 0 Å². The molecule has 3 aromatic rings. The maximum atomic E-state index is 5.13. The van der Waals surface area contributed by atoms with Crippen LogP contribution in [0.4, 0.5) is 0 Å². The lowest BCUT2D eigenvalue weighted by Crippen LogP contribution is -2.03. The van der Waals surface area contributed by atoms with Crippen LogP contribution >= 0.6 is 0 Å². The van der Waals surface area contributed by atoms with Gasteiger partial charge in [0, 0.05) is 11.6 Å². The van der Waals surface area contributed by atoms with Crippen LogP contribution in [0.5, 0.6) is 0 Å². The van der Waals surface area contributed by atoms with Crippen LogP contribution in [0.15, 0.2) is 34.9 Å². The number of aryl methyl sites for hydroxylation is 2. The van der Waals surface area contributed by atoms with Crippen molar-refractivity contribution in [1.29, 1.82) is 0 Å². The highest BCUT2D eigenvalue weighted by atomic mass is 16.5. The van der Waals surface area contributed by atoms with Crippen molar-refractivity contribution in [2.24, 2.45) is 0 Å². The minimum absolute atomic E-state index is 0.431. The zero-order chi connectivity index (χ0) is 13.9. The molecule has 0 atom stereocenters. The van der Waals surface area contributed by atoms with Gasteiger partial charge < -0.3 is 4.52 Å². The molecule has 0 radical (unpaired) electrons. The van der Waals surface area contributed by atoms with Gasteiger partial charge in [0.05, 0.1) is 5.69 Å². The first-order chi connectivity index (χ1) is 9.74. The first-order valence-electron chi connectivity index (χ1n) is 6.54. The molecule has 0 spiro atoms. The number of nitrogens with zero attached hydrogens (tertiary/aromatic N) is 5. The van der Waals surface area contributed by atoms with Crippen LogP contribution in [0.1, 0.15) is 23.9 Å². The summed E-state index contributed by atoms with van der Waals surface area (Å²) in [6.07, 6.45) is 1.02. The molecule has 0 fully saturated rings. The van der Waals surface area contributed by atoms with Gasteiger partial charge in [0.2, 0.25) is 5.82 Å². The maximum Gasteiger partial charge on any atom is 0.204 e. The van der Waals surface area contributed by atoms with Crippen molar-refractivity contribution in [1.82, 2.24) is 25.4 Å². The molecule has 0 aliphatic carbocycles. The molecule has 0 unspecified atom stereocenters. The zero-order valence-corrected chi connectivity index (χ0v) is 11.4. The van der Waals surface area contributed by atoms with Gasteiger partial charge in [0.15, 0.2) is 5.76 Å². The monoisotopic (exact) mass is 269 g/mol. The normalized spacial score (nSPS) is 10.9. The summed E-state index contributed by atoms with van der Waals surface area (Å²) in [6.45, 7) is 4.44. The van der Waals surface area contributed by atoms with E-state index in [4.69, 9.17) is 4.52 Å². The summed E-state index contributed by atoms with van der Waals surface area (Å²) >= 11 is 0. The summed E-state index contributed by atoms with van der Waals surface area (Å²) < 4.78 is 5.13. The molecule has 20 heavy (non-hydrogen) atoms. The van der Waals surface area contributed by atoms with E-state index in [1.54, 1.807) is 0 Å². The fraction of sp³-hybridized carbons (Fsp3) is 0.286. The van der Waals surface area contributed by atoms with Gasteiger partial charge >= 0.3 is 0 Å². The third-order valence-electron chi connectivity index (χ3n) is 3.05. The predicted octanol–water partition coefficient (Wildman–Crippen LogP) is 2.25. The third-order valence-corrected chi connectivity index (χ3v) is 3.05. The largest absolute Gasteiger partial charge is 0.359 e. The zero-order valence-electron chi connectivity index (χ0n) is 11.4. The molecule has 2 heterocycles. The summed E-state index contributed by atoms with van der Waals surface area (Å²) in [7, 11) is 0. The van der Waals surface area contributed by atoms with Gasteiger partial charge in [0.25, 0.3) is 0 Å². The second-order valence-corrected chi connectivity index (χ2v) is 4.63. The van der Waals surface area contributed by atoms with Gasteiger partial charge in [-0.1, -0.05) is 36.3 Å². The first kappa shape index (κ1) is 12.5. The Labute approximate surface area is 116 Å². The van der Waals surface area contributed by atoms with E-state index in [9.17, 15) is 0 Å². The van der Waals surface area contributed by atoms with E-state index >= 15 is 0 Å². The second-order valence-electron chi connectivity index (χ2n) is 4.63. The lowest BCUT2D eigenvalue weighted by atomic mass is 10.1. The average molecular weight is 269 g/mol. The minimum atomic E-state index is 0.431. The molecule has 0 N–H and O–H groups in total. The van der Waals surface area contributed by atoms with E-state index in [-0.39, 0.29) is 0 Å². The van der Waals surface area contributed by atoms with Crippen molar-refractivity contribution in [3.05, 3.63) is 47.3 Å². The third kappa shape index (κ3) is 2.59. The molecule has 2 aromatic heterocycles. The highest BCUT2D eigenvalue weighted by Gasteiger charge is 2.08. The SMILES string of the molecule is CCc1ccc(-c2nnn(Cc3cc(C)no3)n2)cc1. The Hall–Kier alpha value is -2.50. The summed E-state index contributed by atoms with van der Waals surface area (Å²) in [5, 5.41) is 16.3. The standard InChI is InChI=1S/C14H15N5O/c1-3-11-4-6-12(7-5-11)14-15-18-19(16-14)9-13-8-10(2)17-20-13/h4-8H,3,9H2,1-2H3. The Kier molecular flexibility index (Phi) is 3.28. The van der Waals surface area contributed by atoms with Crippen molar-refractivity contribution in [3.8, 4) is 11.4 Å². The molecular weight excluding hydrogens is 254 g/mol. The van der Waals surface area contributed by atoms with Crippen molar-refractivity contribution in [2.45, 2.75) is 26.8 Å². The van der Waals surface area contributed by atoms with E-state index in [2.05, 4.69) is 39.6 Å². The smallest absolute Gasteiger partial charge is 0.204 e. The molecule has 0 aliphatic rings. The second kappa shape index (κ2) is 5.24. The summed E-state index contributed by atoms with van der Waals surface area (Å²) in [5.74, 6) is 1.33. The van der Waals surface area contributed by atoms with Crippen LogP contribution < -0.4 is 0 Å². The van der Waals surface area contributed by atoms with Crippen molar-refractivity contribution < 1.29 is 4.52 Å². The molecule has 0 saturated heterocycles. The van der Waals surface area contributed by atoms with Gasteiger partial charge in [0.1, 0.15) is 6.54 Å². The van der Waals surface area contributed by atoms with Crippen LogP contribution in [0.3, 0.4) is 0 Å². The Morgan fingerprint density at radius 1 is 1.20 bits per heavy atom. The number of tetrazole rings is 1. The first-order valence-corrected chi connectivity index (χ1v) is 6.54. The van der Waals surface area contributed by atoms with Gasteiger partial charge in [-0.15, -0.1) is 10.2 Å². The summed E-state index contributed by atoms with van der Waals surface area (Å²) in [4.78, 5) is 1.50. The maximum absolute atomic E-state index is 5.13. The fourth-order valence-corrected chi connectivity index (χ4v) is 1.95. The molecule has 6 nitrogen and oxygen atoms in total. The molecule has 0 amide bonds. The Balaban J connectivity index is 1.78. The predicted molar refractivity (Wildman–Crippen MR) is 73.0 cm³/mol. The summed E-state index contributed by atoms with van der Waals surface area (Å²) in [5.41, 5.74) is 3.09. The van der Waals surface area contributed by atoms with E-state index in [1.165, 1.54) is 10.4 Å². The number of aromatic nitrogens is 5. The molecule has 102 valence electrons. The van der Waals surface area contributed by atoms with Crippen LogP contribution in [-0.2, 0) is 13.0 Å². The molecule has 3 rings (SSSR count). The molecule has 0 aliphatic heterocycles. The number of rotatable bonds is 4. The molecule has 6 heteroatoms. The van der Waals surface area contributed by atoms with Gasteiger partial charge in [-0.3, -0.25) is 0 Å². The number of hydrogen-bond acceptors (Lipinski definition) is 5. The van der Waals surface area contributed by atoms with E-state index in [0.717, 1.165) is 17.7 Å². The van der Waals surface area contributed by atoms with Gasteiger partial charge in [-0.2, -0.15) is 4.80 Å². The Morgan fingerprint density at radius 3 is 2.65 bits per heavy atom. The lowest BCUT2D eigenvalue weighted by Gasteiger charge is -1.97. The van der Waals surface area contributed by atoms with Crippen LogP contribution in [0, 0.1) is 6.92 Å². The average Bonchev–Trinajstić information content (AvgIpc) is 3.09. The number of benzene rings is 1. The Bertz CT molecular complexity index is 698. The quantitative estimate of drug-likeness (QED) is 0.726. The topological polar surface area (TPSA) is 69.6 Å². The van der Waals surface area contributed by atoms with Crippen molar-refractivity contribution in [3.63, 3.8) is 0 Å². The van der Waals surface area contributed by atoms with Crippen LogP contribution in [0.2, 0.25) is 0 Å². The summed E-state index contributed by atoms with van der Waals surface area (Å²) in [6, 6.07) is 10.0. The fourth-order valence-electron chi connectivity index (χ4n) is 1.95. The van der Waals surface area contributed by atoms with Gasteiger partial charge in [-0.05, 0) is 24.1 Å². The molecule has 1 aromatic carbocycles. The minimum Gasteiger partial charge on any atom is -0.359 e. The number of hydrogen-bond donors (Lipinski definition) is 0. The van der Waals surface area contributed by atoms with E-state index in [0.29, 0.717) is 18.1 Å². The molecule has 0 bridgehead atoms. The van der Waals surface area contributed by atoms with E-state index < -0.39 is 0 Å². The lowest BCUT2D eigenvalue weighted by molar-refractivity contribution is 0.359. The van der Waals surface area contributed by atoms with Crippen molar-refractivity contribution >= 4 is 0 Å². The highest BCUT2D eigenvalue weighted by Crippen LogP contribution is 2.15. The van der Waals surface area contributed by atoms with Crippen LogP contribution in [0.25, 0.3) is 11.4 Å². The Morgan fingerprint density at radius 2 is 2.00 bits per heavy atom. The van der Waals surface area contributed by atoms with Crippen molar-refractivity contribution in [2.75, 3.05) is 0 Å². The van der Waals surface area contributed by atoms with E-state index in [1.807, 2.05) is 25.1 Å². The molecule has 0 saturated carbocycles. The molecular formula is C14H15N5O.